The van der Waals surface area contributed by atoms with Gasteiger partial charge in [-0.15, -0.1) is 0 Å². The van der Waals surface area contributed by atoms with Crippen molar-refractivity contribution in [2.24, 2.45) is 0 Å². The molecule has 3 atom stereocenters. The molecule has 0 bridgehead atoms. The summed E-state index contributed by atoms with van der Waals surface area (Å²) in [5.41, 5.74) is 1.68. The van der Waals surface area contributed by atoms with Crippen LogP contribution in [0.2, 0.25) is 0 Å². The van der Waals surface area contributed by atoms with Gasteiger partial charge in [0.1, 0.15) is 17.9 Å². The van der Waals surface area contributed by atoms with Crippen molar-refractivity contribution in [3.63, 3.8) is 0 Å². The van der Waals surface area contributed by atoms with Crippen LogP contribution in [0, 0.1) is 0 Å². The Hall–Kier alpha value is -2.13. The predicted molar refractivity (Wildman–Crippen MR) is 87.3 cm³/mol. The molecular formula is C19H21NO2. The Bertz CT molecular complexity index is 653. The highest BCUT2D eigenvalue weighted by atomic mass is 16.5. The largest absolute Gasteiger partial charge is 0.483 e. The SMILES string of the molecule is CCC(C)N[C@H]1C(=O)c2ccccc2O[C@@H]1c1ccccc1. The molecule has 0 aliphatic carbocycles. The van der Waals surface area contributed by atoms with Crippen LogP contribution in [0.4, 0.5) is 0 Å². The smallest absolute Gasteiger partial charge is 0.187 e. The number of carbonyl (C=O) groups is 1. The van der Waals surface area contributed by atoms with E-state index in [4.69, 9.17) is 4.74 Å². The van der Waals surface area contributed by atoms with Gasteiger partial charge in [0.2, 0.25) is 0 Å². The molecule has 0 fully saturated rings. The van der Waals surface area contributed by atoms with E-state index in [0.717, 1.165) is 12.0 Å². The maximum atomic E-state index is 12.9. The van der Waals surface area contributed by atoms with E-state index < -0.39 is 0 Å². The standard InChI is InChI=1S/C19H21NO2/c1-3-13(2)20-17-18(21)15-11-7-8-12-16(15)22-19(17)14-9-5-4-6-10-14/h4-13,17,19-20H,3H2,1-2H3/t13?,17-,19+/m0/s1. The molecule has 0 amide bonds. The third-order valence-corrected chi connectivity index (χ3v) is 4.20. The Kier molecular flexibility index (Phi) is 4.25. The monoisotopic (exact) mass is 295 g/mol. The molecule has 1 aliphatic rings. The number of ether oxygens (including phenoxy) is 1. The highest BCUT2D eigenvalue weighted by Gasteiger charge is 2.38. The molecule has 22 heavy (non-hydrogen) atoms. The number of nitrogens with one attached hydrogen (secondary N) is 1. The number of carbonyl (C=O) groups excluding carboxylic acids is 1. The van der Waals surface area contributed by atoms with Gasteiger partial charge in [0.25, 0.3) is 0 Å². The van der Waals surface area contributed by atoms with Crippen LogP contribution in [-0.2, 0) is 0 Å². The minimum Gasteiger partial charge on any atom is -0.483 e. The minimum atomic E-state index is -0.354. The van der Waals surface area contributed by atoms with Crippen molar-refractivity contribution in [1.29, 1.82) is 0 Å². The van der Waals surface area contributed by atoms with Crippen LogP contribution in [0.1, 0.15) is 42.3 Å². The summed E-state index contributed by atoms with van der Waals surface area (Å²) in [4.78, 5) is 12.9. The summed E-state index contributed by atoms with van der Waals surface area (Å²) >= 11 is 0. The average Bonchev–Trinajstić information content (AvgIpc) is 2.58. The molecule has 2 aromatic rings. The van der Waals surface area contributed by atoms with E-state index in [2.05, 4.69) is 19.2 Å². The van der Waals surface area contributed by atoms with Crippen LogP contribution in [-0.4, -0.2) is 17.9 Å². The molecule has 3 rings (SSSR count). The summed E-state index contributed by atoms with van der Waals surface area (Å²) in [6, 6.07) is 17.3. The van der Waals surface area contributed by atoms with Crippen LogP contribution >= 0.6 is 0 Å². The summed E-state index contributed by atoms with van der Waals surface area (Å²) in [5, 5.41) is 3.43. The zero-order chi connectivity index (χ0) is 15.5. The molecule has 114 valence electrons. The number of rotatable bonds is 4. The van der Waals surface area contributed by atoms with E-state index in [1.807, 2.05) is 54.6 Å². The van der Waals surface area contributed by atoms with Crippen molar-refractivity contribution in [1.82, 2.24) is 5.32 Å². The van der Waals surface area contributed by atoms with E-state index in [0.29, 0.717) is 11.3 Å². The van der Waals surface area contributed by atoms with Gasteiger partial charge < -0.3 is 10.1 Å². The molecule has 0 spiro atoms. The van der Waals surface area contributed by atoms with Crippen molar-refractivity contribution >= 4 is 5.78 Å². The molecule has 1 aliphatic heterocycles. The predicted octanol–water partition coefficient (Wildman–Crippen LogP) is 3.76. The van der Waals surface area contributed by atoms with E-state index in [1.165, 1.54) is 0 Å². The fourth-order valence-electron chi connectivity index (χ4n) is 2.77. The molecule has 0 saturated carbocycles. The van der Waals surface area contributed by atoms with Gasteiger partial charge in [-0.2, -0.15) is 0 Å². The van der Waals surface area contributed by atoms with Gasteiger partial charge in [-0.1, -0.05) is 49.4 Å². The summed E-state index contributed by atoms with van der Waals surface area (Å²) in [6.45, 7) is 4.20. The topological polar surface area (TPSA) is 38.3 Å². The maximum absolute atomic E-state index is 12.9. The molecular weight excluding hydrogens is 274 g/mol. The van der Waals surface area contributed by atoms with Crippen molar-refractivity contribution in [3.8, 4) is 5.75 Å². The molecule has 0 aromatic heterocycles. The van der Waals surface area contributed by atoms with E-state index in [1.54, 1.807) is 0 Å². The van der Waals surface area contributed by atoms with Gasteiger partial charge in [-0.05, 0) is 31.0 Å². The number of hydrogen-bond acceptors (Lipinski definition) is 3. The minimum absolute atomic E-state index is 0.107. The van der Waals surface area contributed by atoms with E-state index in [9.17, 15) is 4.79 Å². The Balaban J connectivity index is 2.00. The third-order valence-electron chi connectivity index (χ3n) is 4.20. The normalized spacial score (nSPS) is 21.8. The van der Waals surface area contributed by atoms with Crippen molar-refractivity contribution in [2.45, 2.75) is 38.5 Å². The first-order valence-electron chi connectivity index (χ1n) is 7.81. The van der Waals surface area contributed by atoms with Crippen molar-refractivity contribution in [3.05, 3.63) is 65.7 Å². The fraction of sp³-hybridized carbons (Fsp3) is 0.316. The van der Waals surface area contributed by atoms with E-state index in [-0.39, 0.29) is 24.0 Å². The molecule has 0 radical (unpaired) electrons. The lowest BCUT2D eigenvalue weighted by Gasteiger charge is -2.34. The van der Waals surface area contributed by atoms with Crippen LogP contribution < -0.4 is 10.1 Å². The van der Waals surface area contributed by atoms with E-state index >= 15 is 0 Å². The number of ketones is 1. The Morgan fingerprint density at radius 1 is 1.09 bits per heavy atom. The summed E-state index contributed by atoms with van der Waals surface area (Å²) in [6.07, 6.45) is 0.671. The number of para-hydroxylation sites is 1. The maximum Gasteiger partial charge on any atom is 0.187 e. The third kappa shape index (κ3) is 2.77. The number of fused-ring (bicyclic) bond motifs is 1. The van der Waals surface area contributed by atoms with Crippen molar-refractivity contribution < 1.29 is 9.53 Å². The highest BCUT2D eigenvalue weighted by molar-refractivity contribution is 6.03. The van der Waals surface area contributed by atoms with Crippen LogP contribution in [0.15, 0.2) is 54.6 Å². The lowest BCUT2D eigenvalue weighted by Crippen LogP contribution is -2.49. The summed E-state index contributed by atoms with van der Waals surface area (Å²) < 4.78 is 6.16. The lowest BCUT2D eigenvalue weighted by molar-refractivity contribution is 0.0716. The average molecular weight is 295 g/mol. The Morgan fingerprint density at radius 3 is 2.50 bits per heavy atom. The molecule has 1 N–H and O–H groups in total. The van der Waals surface area contributed by atoms with Crippen molar-refractivity contribution in [2.75, 3.05) is 0 Å². The van der Waals surface area contributed by atoms with Crippen LogP contribution in [0.25, 0.3) is 0 Å². The second kappa shape index (κ2) is 6.32. The van der Waals surface area contributed by atoms with Gasteiger partial charge in [-0.25, -0.2) is 0 Å². The lowest BCUT2D eigenvalue weighted by atomic mass is 9.90. The molecule has 3 heteroatoms. The number of benzene rings is 2. The zero-order valence-corrected chi connectivity index (χ0v) is 13.0. The van der Waals surface area contributed by atoms with Gasteiger partial charge in [-0.3, -0.25) is 4.79 Å². The zero-order valence-electron chi connectivity index (χ0n) is 13.0. The number of Topliss-reactive ketones (excluding diaryl/α,β-unsaturated/α-hetero) is 1. The first-order valence-corrected chi connectivity index (χ1v) is 7.81. The molecule has 2 aromatic carbocycles. The van der Waals surface area contributed by atoms with Gasteiger partial charge in [0, 0.05) is 6.04 Å². The molecule has 3 nitrogen and oxygen atoms in total. The first-order chi connectivity index (χ1) is 10.7. The Morgan fingerprint density at radius 2 is 1.77 bits per heavy atom. The summed E-state index contributed by atoms with van der Waals surface area (Å²) in [5.74, 6) is 0.777. The highest BCUT2D eigenvalue weighted by Crippen LogP contribution is 2.35. The van der Waals surface area contributed by atoms with Gasteiger partial charge in [0.05, 0.1) is 5.56 Å². The van der Waals surface area contributed by atoms with Crippen LogP contribution in [0.3, 0.4) is 0 Å². The van der Waals surface area contributed by atoms with Crippen LogP contribution in [0.5, 0.6) is 5.75 Å². The molecule has 1 unspecified atom stereocenters. The number of hydrogen-bond donors (Lipinski definition) is 1. The van der Waals surface area contributed by atoms with Gasteiger partial charge >= 0.3 is 0 Å². The molecule has 1 heterocycles. The van der Waals surface area contributed by atoms with Gasteiger partial charge in [0.15, 0.2) is 5.78 Å². The fourth-order valence-corrected chi connectivity index (χ4v) is 2.77. The molecule has 0 saturated heterocycles. The Labute approximate surface area is 131 Å². The quantitative estimate of drug-likeness (QED) is 0.933. The summed E-state index contributed by atoms with van der Waals surface area (Å²) in [7, 11) is 0. The second-order valence-corrected chi connectivity index (χ2v) is 5.76. The second-order valence-electron chi connectivity index (χ2n) is 5.76. The first kappa shape index (κ1) is 14.8.